The van der Waals surface area contributed by atoms with Crippen LogP contribution in [0.3, 0.4) is 0 Å². The van der Waals surface area contributed by atoms with Crippen LogP contribution in [0.5, 0.6) is 5.75 Å². The Morgan fingerprint density at radius 3 is 2.54 bits per heavy atom. The van der Waals surface area contributed by atoms with Gasteiger partial charge in [-0.1, -0.05) is 25.6 Å². The van der Waals surface area contributed by atoms with Crippen molar-refractivity contribution in [2.75, 3.05) is 18.9 Å². The van der Waals surface area contributed by atoms with E-state index in [0.717, 1.165) is 5.75 Å². The van der Waals surface area contributed by atoms with Gasteiger partial charge in [0.15, 0.2) is 5.17 Å². The van der Waals surface area contributed by atoms with Crippen LogP contribution in [-0.2, 0) is 4.79 Å². The molecule has 0 saturated carbocycles. The number of rotatable bonds is 6. The van der Waals surface area contributed by atoms with Crippen LogP contribution in [0.4, 0.5) is 0 Å². The van der Waals surface area contributed by atoms with Crippen molar-refractivity contribution in [1.82, 2.24) is 10.6 Å². The van der Waals surface area contributed by atoms with E-state index in [1.165, 1.54) is 11.8 Å². The zero-order chi connectivity index (χ0) is 17.5. The first-order chi connectivity index (χ1) is 11.5. The number of nitrogens with zero attached hydrogens (tertiary/aromatic N) is 1. The summed E-state index contributed by atoms with van der Waals surface area (Å²) in [5.74, 6) is 1.03. The van der Waals surface area contributed by atoms with Gasteiger partial charge in [-0.15, -0.1) is 0 Å². The summed E-state index contributed by atoms with van der Waals surface area (Å²) >= 11 is 1.51. The zero-order valence-corrected chi connectivity index (χ0v) is 15.0. The molecular weight excluding hydrogens is 326 g/mol. The van der Waals surface area contributed by atoms with E-state index in [2.05, 4.69) is 15.6 Å². The van der Waals surface area contributed by atoms with Crippen molar-refractivity contribution in [2.24, 2.45) is 10.9 Å². The molecule has 1 heterocycles. The summed E-state index contributed by atoms with van der Waals surface area (Å²) in [5.41, 5.74) is 0.490. The van der Waals surface area contributed by atoms with Gasteiger partial charge >= 0.3 is 0 Å². The fourth-order valence-corrected chi connectivity index (χ4v) is 2.95. The second-order valence-electron chi connectivity index (χ2n) is 5.68. The van der Waals surface area contributed by atoms with Gasteiger partial charge in [0.1, 0.15) is 11.8 Å². The number of ether oxygens (including phenoxy) is 1. The van der Waals surface area contributed by atoms with Gasteiger partial charge in [-0.25, -0.2) is 0 Å². The number of hydrogen-bond donors (Lipinski definition) is 2. The molecule has 24 heavy (non-hydrogen) atoms. The maximum atomic E-state index is 12.4. The highest BCUT2D eigenvalue weighted by atomic mass is 32.2. The summed E-state index contributed by atoms with van der Waals surface area (Å²) < 4.78 is 5.36. The summed E-state index contributed by atoms with van der Waals surface area (Å²) in [5, 5.41) is 6.21. The molecule has 2 rings (SSSR count). The molecule has 130 valence electrons. The largest absolute Gasteiger partial charge is 0.494 e. The van der Waals surface area contributed by atoms with Crippen LogP contribution < -0.4 is 15.4 Å². The summed E-state index contributed by atoms with van der Waals surface area (Å²) in [4.78, 5) is 29.0. The number of thioether (sulfide) groups is 1. The summed E-state index contributed by atoms with van der Waals surface area (Å²) in [6.45, 7) is 6.98. The molecule has 1 aromatic carbocycles. The second kappa shape index (κ2) is 8.73. The smallest absolute Gasteiger partial charge is 0.251 e. The normalized spacial score (nSPS) is 14.9. The Kier molecular flexibility index (Phi) is 6.66. The Morgan fingerprint density at radius 2 is 2.00 bits per heavy atom. The third-order valence-electron chi connectivity index (χ3n) is 3.48. The van der Waals surface area contributed by atoms with Crippen LogP contribution in [0.2, 0.25) is 0 Å². The van der Waals surface area contributed by atoms with E-state index in [9.17, 15) is 9.59 Å². The lowest BCUT2D eigenvalue weighted by Gasteiger charge is -2.21. The standard InChI is InChI=1S/C17H23N3O3S/c1-4-23-13-7-5-12(6-8-13)15(21)19-14(11(2)3)16(22)20-17-18-9-10-24-17/h5-8,11,14H,4,9-10H2,1-3H3,(H,19,21)(H,18,20,22)/t14-/m0/s1. The van der Waals surface area contributed by atoms with E-state index in [1.54, 1.807) is 24.3 Å². The van der Waals surface area contributed by atoms with E-state index < -0.39 is 6.04 Å². The Morgan fingerprint density at radius 1 is 1.29 bits per heavy atom. The van der Waals surface area contributed by atoms with Crippen molar-refractivity contribution in [1.29, 1.82) is 0 Å². The minimum absolute atomic E-state index is 0.0383. The quantitative estimate of drug-likeness (QED) is 0.824. The highest BCUT2D eigenvalue weighted by Gasteiger charge is 2.26. The SMILES string of the molecule is CCOc1ccc(C(=O)N[C@H](C(=O)NC2=NCCS2)C(C)C)cc1. The van der Waals surface area contributed by atoms with Gasteiger partial charge in [-0.05, 0) is 37.1 Å². The average Bonchev–Trinajstić information content (AvgIpc) is 3.06. The zero-order valence-electron chi connectivity index (χ0n) is 14.2. The van der Waals surface area contributed by atoms with E-state index in [1.807, 2.05) is 20.8 Å². The number of aliphatic imine (C=N–C) groups is 1. The number of amidine groups is 1. The summed E-state index contributed by atoms with van der Waals surface area (Å²) in [7, 11) is 0. The molecule has 1 atom stereocenters. The van der Waals surface area contributed by atoms with Crippen molar-refractivity contribution in [3.8, 4) is 5.75 Å². The maximum Gasteiger partial charge on any atom is 0.251 e. The molecule has 0 saturated heterocycles. The molecule has 6 nitrogen and oxygen atoms in total. The van der Waals surface area contributed by atoms with Crippen LogP contribution in [0.1, 0.15) is 31.1 Å². The number of nitrogens with one attached hydrogen (secondary N) is 2. The number of carbonyl (C=O) groups is 2. The lowest BCUT2D eigenvalue weighted by atomic mass is 10.0. The molecular formula is C17H23N3O3S. The number of amides is 2. The molecule has 2 amide bonds. The molecule has 0 aliphatic carbocycles. The maximum absolute atomic E-state index is 12.4. The molecule has 1 aliphatic heterocycles. The van der Waals surface area contributed by atoms with Gasteiger partial charge in [0.25, 0.3) is 5.91 Å². The Balaban J connectivity index is 2.00. The van der Waals surface area contributed by atoms with Crippen LogP contribution in [0.25, 0.3) is 0 Å². The van der Waals surface area contributed by atoms with Crippen LogP contribution in [-0.4, -0.2) is 41.9 Å². The third kappa shape index (κ3) is 4.99. The Hall–Kier alpha value is -2.02. The van der Waals surface area contributed by atoms with E-state index >= 15 is 0 Å². The summed E-state index contributed by atoms with van der Waals surface area (Å²) in [6, 6.07) is 6.24. The van der Waals surface area contributed by atoms with Crippen molar-refractivity contribution in [2.45, 2.75) is 26.8 Å². The van der Waals surface area contributed by atoms with Gasteiger partial charge in [-0.2, -0.15) is 0 Å². The average molecular weight is 349 g/mol. The monoisotopic (exact) mass is 349 g/mol. The van der Waals surface area contributed by atoms with Gasteiger partial charge < -0.3 is 15.4 Å². The van der Waals surface area contributed by atoms with Crippen molar-refractivity contribution < 1.29 is 14.3 Å². The predicted molar refractivity (Wildman–Crippen MR) is 96.6 cm³/mol. The first-order valence-corrected chi connectivity index (χ1v) is 9.01. The lowest BCUT2D eigenvalue weighted by Crippen LogP contribution is -2.50. The fourth-order valence-electron chi connectivity index (χ4n) is 2.22. The second-order valence-corrected chi connectivity index (χ2v) is 6.76. The van der Waals surface area contributed by atoms with E-state index in [4.69, 9.17) is 4.74 Å². The van der Waals surface area contributed by atoms with Crippen LogP contribution in [0.15, 0.2) is 29.3 Å². The first-order valence-electron chi connectivity index (χ1n) is 8.03. The van der Waals surface area contributed by atoms with Gasteiger partial charge in [0.05, 0.1) is 13.2 Å². The molecule has 1 aromatic rings. The van der Waals surface area contributed by atoms with E-state index in [-0.39, 0.29) is 17.7 Å². The number of carbonyl (C=O) groups excluding carboxylic acids is 2. The Bertz CT molecular complexity index is 614. The summed E-state index contributed by atoms with van der Waals surface area (Å²) in [6.07, 6.45) is 0. The molecule has 0 unspecified atom stereocenters. The predicted octanol–water partition coefficient (Wildman–Crippen LogP) is 2.06. The first kappa shape index (κ1) is 18.3. The molecule has 0 aromatic heterocycles. The lowest BCUT2D eigenvalue weighted by molar-refractivity contribution is -0.122. The molecule has 0 spiro atoms. The van der Waals surface area contributed by atoms with E-state index in [0.29, 0.717) is 29.6 Å². The van der Waals surface area contributed by atoms with Crippen molar-refractivity contribution >= 4 is 28.7 Å². The molecule has 0 bridgehead atoms. The minimum Gasteiger partial charge on any atom is -0.494 e. The van der Waals surface area contributed by atoms with Gasteiger partial charge in [0.2, 0.25) is 5.91 Å². The molecule has 2 N–H and O–H groups in total. The third-order valence-corrected chi connectivity index (χ3v) is 4.37. The van der Waals surface area contributed by atoms with Crippen LogP contribution in [0, 0.1) is 5.92 Å². The highest BCUT2D eigenvalue weighted by Crippen LogP contribution is 2.14. The van der Waals surface area contributed by atoms with Crippen molar-refractivity contribution in [3.63, 3.8) is 0 Å². The molecule has 0 radical (unpaired) electrons. The van der Waals surface area contributed by atoms with Crippen LogP contribution >= 0.6 is 11.8 Å². The topological polar surface area (TPSA) is 79.8 Å². The molecule has 1 aliphatic rings. The molecule has 7 heteroatoms. The van der Waals surface area contributed by atoms with Crippen molar-refractivity contribution in [3.05, 3.63) is 29.8 Å². The molecule has 0 fully saturated rings. The number of benzene rings is 1. The number of hydrogen-bond acceptors (Lipinski definition) is 5. The Labute approximate surface area is 146 Å². The fraction of sp³-hybridized carbons (Fsp3) is 0.471. The highest BCUT2D eigenvalue weighted by molar-refractivity contribution is 8.14. The minimum atomic E-state index is -0.618. The van der Waals surface area contributed by atoms with Gasteiger partial charge in [-0.3, -0.25) is 14.6 Å². The van der Waals surface area contributed by atoms with Gasteiger partial charge in [0, 0.05) is 11.3 Å².